The van der Waals surface area contributed by atoms with Crippen LogP contribution in [0.3, 0.4) is 0 Å². The fourth-order valence-electron chi connectivity index (χ4n) is 1.95. The van der Waals surface area contributed by atoms with E-state index in [9.17, 15) is 4.79 Å². The summed E-state index contributed by atoms with van der Waals surface area (Å²) in [5.74, 6) is 0.0524. The van der Waals surface area contributed by atoms with Crippen molar-refractivity contribution in [2.24, 2.45) is 7.05 Å². The summed E-state index contributed by atoms with van der Waals surface area (Å²) in [7, 11) is 5.39. The Balaban J connectivity index is 2.22. The van der Waals surface area contributed by atoms with E-state index in [1.165, 1.54) is 6.20 Å². The van der Waals surface area contributed by atoms with Crippen LogP contribution >= 0.6 is 11.6 Å². The Morgan fingerprint density at radius 1 is 1.45 bits per heavy atom. The van der Waals surface area contributed by atoms with Crippen LogP contribution < -0.4 is 4.74 Å². The van der Waals surface area contributed by atoms with Crippen molar-refractivity contribution in [1.82, 2.24) is 14.7 Å². The van der Waals surface area contributed by atoms with E-state index >= 15 is 0 Å². The highest BCUT2D eigenvalue weighted by Gasteiger charge is 2.25. The van der Waals surface area contributed by atoms with Gasteiger partial charge >= 0.3 is 5.97 Å². The van der Waals surface area contributed by atoms with Crippen molar-refractivity contribution < 1.29 is 9.53 Å². The van der Waals surface area contributed by atoms with Gasteiger partial charge in [0.2, 0.25) is 0 Å². The average Bonchev–Trinajstić information content (AvgIpc) is 2.74. The summed E-state index contributed by atoms with van der Waals surface area (Å²) in [6, 6.07) is 6.67. The number of ether oxygens (including phenoxy) is 1. The number of aryl methyl sites for hydroxylation is 1. The van der Waals surface area contributed by atoms with Crippen LogP contribution in [-0.4, -0.2) is 34.7 Å². The lowest BCUT2D eigenvalue weighted by Crippen LogP contribution is -2.31. The van der Waals surface area contributed by atoms with Gasteiger partial charge in [-0.3, -0.25) is 9.58 Å². The lowest BCUT2D eigenvalue weighted by Gasteiger charge is -2.22. The Bertz CT molecular complexity index is 610. The first kappa shape index (κ1) is 14.6. The first-order valence-corrected chi connectivity index (χ1v) is 6.47. The van der Waals surface area contributed by atoms with Gasteiger partial charge in [-0.2, -0.15) is 5.10 Å². The number of rotatable bonds is 4. The molecule has 0 spiro atoms. The van der Waals surface area contributed by atoms with E-state index in [4.69, 9.17) is 16.3 Å². The predicted octanol–water partition coefficient (Wildman–Crippen LogP) is 2.28. The van der Waals surface area contributed by atoms with Gasteiger partial charge in [0.25, 0.3) is 0 Å². The third-order valence-corrected chi connectivity index (χ3v) is 3.04. The molecule has 106 valence electrons. The maximum Gasteiger partial charge on any atom is 0.333 e. The van der Waals surface area contributed by atoms with Crippen LogP contribution in [0.2, 0.25) is 5.02 Å². The summed E-state index contributed by atoms with van der Waals surface area (Å²) < 4.78 is 6.92. The molecular weight excluding hydrogens is 278 g/mol. The van der Waals surface area contributed by atoms with Gasteiger partial charge in [-0.05, 0) is 31.8 Å². The number of benzene rings is 1. The number of hydrogen-bond donors (Lipinski definition) is 0. The molecule has 1 aromatic carbocycles. The van der Waals surface area contributed by atoms with E-state index in [2.05, 4.69) is 5.10 Å². The molecule has 0 aliphatic carbocycles. The van der Waals surface area contributed by atoms with Crippen LogP contribution in [0, 0.1) is 0 Å². The van der Waals surface area contributed by atoms with Gasteiger partial charge in [0.05, 0.1) is 12.4 Å². The Morgan fingerprint density at radius 2 is 2.20 bits per heavy atom. The first-order chi connectivity index (χ1) is 9.47. The molecule has 0 amide bonds. The van der Waals surface area contributed by atoms with Crippen molar-refractivity contribution in [3.05, 3.63) is 47.2 Å². The van der Waals surface area contributed by atoms with E-state index < -0.39 is 6.04 Å². The summed E-state index contributed by atoms with van der Waals surface area (Å²) in [4.78, 5) is 14.1. The Morgan fingerprint density at radius 3 is 2.75 bits per heavy atom. The van der Waals surface area contributed by atoms with Crippen LogP contribution in [0.5, 0.6) is 5.75 Å². The zero-order valence-corrected chi connectivity index (χ0v) is 12.3. The number of carbonyl (C=O) groups excluding carboxylic acids is 1. The molecule has 1 atom stereocenters. The number of hydrogen-bond acceptors (Lipinski definition) is 4. The van der Waals surface area contributed by atoms with E-state index in [1.54, 1.807) is 35.0 Å². The molecule has 2 rings (SSSR count). The minimum absolute atomic E-state index is 0.370. The summed E-state index contributed by atoms with van der Waals surface area (Å²) in [6.45, 7) is 0. The van der Waals surface area contributed by atoms with Crippen molar-refractivity contribution in [1.29, 1.82) is 0 Å². The SMILES string of the molecule is CN(C)C(C(=O)Oc1cnn(C)c1)c1cccc(Cl)c1. The molecule has 0 radical (unpaired) electrons. The molecule has 6 heteroatoms. The summed E-state index contributed by atoms with van der Waals surface area (Å²) in [5, 5.41) is 4.55. The molecule has 20 heavy (non-hydrogen) atoms. The van der Waals surface area contributed by atoms with Gasteiger partial charge in [0, 0.05) is 12.1 Å². The predicted molar refractivity (Wildman–Crippen MR) is 76.7 cm³/mol. The van der Waals surface area contributed by atoms with E-state index in [-0.39, 0.29) is 5.97 Å². The van der Waals surface area contributed by atoms with Gasteiger partial charge in [-0.1, -0.05) is 23.7 Å². The number of carbonyl (C=O) groups is 1. The maximum atomic E-state index is 12.3. The highest BCUT2D eigenvalue weighted by atomic mass is 35.5. The van der Waals surface area contributed by atoms with E-state index in [0.717, 1.165) is 5.56 Å². The molecule has 0 aliphatic heterocycles. The largest absolute Gasteiger partial charge is 0.422 e. The Hall–Kier alpha value is -1.85. The summed E-state index contributed by atoms with van der Waals surface area (Å²) in [6.07, 6.45) is 3.14. The lowest BCUT2D eigenvalue weighted by atomic mass is 10.1. The Labute approximate surface area is 122 Å². The number of esters is 1. The second kappa shape index (κ2) is 6.07. The molecule has 0 saturated carbocycles. The van der Waals surface area contributed by atoms with Gasteiger partial charge in [0.1, 0.15) is 6.04 Å². The molecule has 2 aromatic rings. The number of nitrogens with zero attached hydrogens (tertiary/aromatic N) is 3. The molecule has 1 aromatic heterocycles. The van der Waals surface area contributed by atoms with Gasteiger partial charge in [-0.15, -0.1) is 0 Å². The van der Waals surface area contributed by atoms with Crippen LogP contribution in [0.15, 0.2) is 36.7 Å². The third kappa shape index (κ3) is 3.37. The van der Waals surface area contributed by atoms with Crippen molar-refractivity contribution in [2.45, 2.75) is 6.04 Å². The van der Waals surface area contributed by atoms with Crippen LogP contribution in [0.25, 0.3) is 0 Å². The van der Waals surface area contributed by atoms with Gasteiger partial charge < -0.3 is 4.74 Å². The second-order valence-corrected chi connectivity index (χ2v) is 5.13. The Kier molecular flexibility index (Phi) is 4.42. The topological polar surface area (TPSA) is 47.4 Å². The maximum absolute atomic E-state index is 12.3. The molecular formula is C14H16ClN3O2. The monoisotopic (exact) mass is 293 g/mol. The number of likely N-dealkylation sites (N-methyl/N-ethyl adjacent to an activating group) is 1. The zero-order chi connectivity index (χ0) is 14.7. The molecule has 0 bridgehead atoms. The number of halogens is 1. The molecule has 5 nitrogen and oxygen atoms in total. The third-order valence-electron chi connectivity index (χ3n) is 2.80. The highest BCUT2D eigenvalue weighted by Crippen LogP contribution is 2.23. The van der Waals surface area contributed by atoms with E-state index in [0.29, 0.717) is 10.8 Å². The molecule has 1 heterocycles. The van der Waals surface area contributed by atoms with Gasteiger partial charge in [-0.25, -0.2) is 4.79 Å². The normalized spacial score (nSPS) is 12.4. The van der Waals surface area contributed by atoms with E-state index in [1.807, 2.05) is 26.2 Å². The fourth-order valence-corrected chi connectivity index (χ4v) is 2.14. The van der Waals surface area contributed by atoms with Crippen molar-refractivity contribution >= 4 is 17.6 Å². The minimum Gasteiger partial charge on any atom is -0.422 e. The number of aromatic nitrogens is 2. The molecule has 0 aliphatic rings. The quantitative estimate of drug-likeness (QED) is 0.812. The standard InChI is InChI=1S/C14H16ClN3O2/c1-17(2)13(10-5-4-6-11(15)7-10)14(19)20-12-8-16-18(3)9-12/h4-9,13H,1-3H3. The van der Waals surface area contributed by atoms with Crippen molar-refractivity contribution in [3.8, 4) is 5.75 Å². The lowest BCUT2D eigenvalue weighted by molar-refractivity contribution is -0.139. The molecule has 0 fully saturated rings. The second-order valence-electron chi connectivity index (χ2n) is 4.69. The highest BCUT2D eigenvalue weighted by molar-refractivity contribution is 6.30. The zero-order valence-electron chi connectivity index (χ0n) is 11.6. The minimum atomic E-state index is -0.520. The van der Waals surface area contributed by atoms with Crippen LogP contribution in [-0.2, 0) is 11.8 Å². The first-order valence-electron chi connectivity index (χ1n) is 6.09. The summed E-state index contributed by atoms with van der Waals surface area (Å²) >= 11 is 5.98. The summed E-state index contributed by atoms with van der Waals surface area (Å²) in [5.41, 5.74) is 0.788. The van der Waals surface area contributed by atoms with Crippen molar-refractivity contribution in [2.75, 3.05) is 14.1 Å². The van der Waals surface area contributed by atoms with Crippen LogP contribution in [0.4, 0.5) is 0 Å². The average molecular weight is 294 g/mol. The smallest absolute Gasteiger partial charge is 0.333 e. The molecule has 0 N–H and O–H groups in total. The van der Waals surface area contributed by atoms with Crippen LogP contribution in [0.1, 0.15) is 11.6 Å². The molecule has 0 saturated heterocycles. The van der Waals surface area contributed by atoms with Gasteiger partial charge in [0.15, 0.2) is 5.75 Å². The fraction of sp³-hybridized carbons (Fsp3) is 0.286. The molecule has 1 unspecified atom stereocenters. The van der Waals surface area contributed by atoms with Crippen molar-refractivity contribution in [3.63, 3.8) is 0 Å².